The lowest BCUT2D eigenvalue weighted by atomic mass is 9.97. The normalized spacial score (nSPS) is 49.1. The number of hydrogen-bond acceptors (Lipinski definition) is 11. The molecule has 3 aliphatic rings. The van der Waals surface area contributed by atoms with E-state index in [9.17, 15) is 35.0 Å². The van der Waals surface area contributed by atoms with Crippen LogP contribution in [0.25, 0.3) is 0 Å². The molecule has 12 heteroatoms. The van der Waals surface area contributed by atoms with Crippen LogP contribution in [0.1, 0.15) is 19.3 Å². The molecule has 3 fully saturated rings. The minimum absolute atomic E-state index is 0.492. The summed E-state index contributed by atoms with van der Waals surface area (Å²) in [7, 11) is 0. The van der Waals surface area contributed by atoms with Gasteiger partial charge in [0.25, 0.3) is 0 Å². The number of halogens is 1. The number of aliphatic hydroxyl groups excluding tert-OH is 6. The van der Waals surface area contributed by atoms with Gasteiger partial charge in [-0.3, -0.25) is 0 Å². The molecule has 11 nitrogen and oxygen atoms in total. The van der Waals surface area contributed by atoms with Crippen LogP contribution in [0.15, 0.2) is 0 Å². The summed E-state index contributed by atoms with van der Waals surface area (Å²) in [5, 5.41) is 59.7. The van der Waals surface area contributed by atoms with Crippen LogP contribution in [0, 0.1) is 0 Å². The van der Waals surface area contributed by atoms with Crippen molar-refractivity contribution in [2.45, 2.75) is 87.0 Å². The van der Waals surface area contributed by atoms with Crippen molar-refractivity contribution in [3.63, 3.8) is 0 Å². The van der Waals surface area contributed by atoms with Crippen molar-refractivity contribution in [3.8, 4) is 0 Å². The third-order valence-electron chi connectivity index (χ3n) is 5.36. The Morgan fingerprint density at radius 2 is 1.41 bits per heavy atom. The van der Waals surface area contributed by atoms with Crippen molar-refractivity contribution in [2.24, 2.45) is 0 Å². The fourth-order valence-corrected chi connectivity index (χ4v) is 3.69. The number of aliphatic hydroxyl groups is 6. The zero-order valence-corrected chi connectivity index (χ0v) is 15.7. The Bertz CT molecular complexity index is 504. The molecule has 170 valence electrons. The van der Waals surface area contributed by atoms with Crippen molar-refractivity contribution >= 4 is 0 Å². The number of rotatable bonds is 6. The molecule has 29 heavy (non-hydrogen) atoms. The minimum atomic E-state index is -2.23. The molecule has 3 saturated heterocycles. The fraction of sp³-hybridized carbons (Fsp3) is 1.00. The van der Waals surface area contributed by atoms with E-state index in [0.717, 1.165) is 12.8 Å². The SMILES string of the molecule is OC[C@H]1O[C@H](F)[C@H](O)[C@@H](O)[C@@H]1O[C@H]1O[C@H](CO)[C@@H](OC2CCCCO2)[C@H](O)[C@H]1O. The highest BCUT2D eigenvalue weighted by atomic mass is 19.1. The van der Waals surface area contributed by atoms with E-state index in [1.807, 2.05) is 0 Å². The predicted octanol–water partition coefficient (Wildman–Crippen LogP) is -2.87. The van der Waals surface area contributed by atoms with Gasteiger partial charge in [0.15, 0.2) is 12.6 Å². The van der Waals surface area contributed by atoms with Gasteiger partial charge in [-0.25, -0.2) is 4.39 Å². The maximum Gasteiger partial charge on any atom is 0.228 e. The second kappa shape index (κ2) is 10.2. The van der Waals surface area contributed by atoms with Gasteiger partial charge in [-0.15, -0.1) is 0 Å². The molecule has 3 heterocycles. The molecular weight excluding hydrogens is 399 g/mol. The van der Waals surface area contributed by atoms with Gasteiger partial charge in [0.05, 0.1) is 13.2 Å². The zero-order chi connectivity index (χ0) is 21.1. The maximum absolute atomic E-state index is 13.6. The van der Waals surface area contributed by atoms with Crippen LogP contribution in [0.2, 0.25) is 0 Å². The molecule has 11 atom stereocenters. The highest BCUT2D eigenvalue weighted by Gasteiger charge is 2.51. The fourth-order valence-electron chi connectivity index (χ4n) is 3.69. The van der Waals surface area contributed by atoms with Gasteiger partial charge in [-0.05, 0) is 19.3 Å². The molecule has 0 radical (unpaired) electrons. The predicted molar refractivity (Wildman–Crippen MR) is 90.0 cm³/mol. The smallest absolute Gasteiger partial charge is 0.228 e. The molecule has 0 aromatic rings. The van der Waals surface area contributed by atoms with Crippen molar-refractivity contribution in [1.29, 1.82) is 0 Å². The van der Waals surface area contributed by atoms with E-state index in [1.54, 1.807) is 0 Å². The van der Waals surface area contributed by atoms with Gasteiger partial charge in [-0.1, -0.05) is 0 Å². The lowest BCUT2D eigenvalue weighted by molar-refractivity contribution is -0.361. The van der Waals surface area contributed by atoms with E-state index in [0.29, 0.717) is 13.0 Å². The molecule has 0 aromatic carbocycles. The van der Waals surface area contributed by atoms with Crippen LogP contribution < -0.4 is 0 Å². The Kier molecular flexibility index (Phi) is 8.14. The highest BCUT2D eigenvalue weighted by molar-refractivity contribution is 4.94. The van der Waals surface area contributed by atoms with E-state index in [1.165, 1.54) is 0 Å². The molecule has 0 spiro atoms. The van der Waals surface area contributed by atoms with Crippen LogP contribution in [0.3, 0.4) is 0 Å². The molecule has 0 amide bonds. The number of ether oxygens (including phenoxy) is 5. The molecule has 1 unspecified atom stereocenters. The van der Waals surface area contributed by atoms with Gasteiger partial charge >= 0.3 is 0 Å². The van der Waals surface area contributed by atoms with E-state index >= 15 is 0 Å². The first-order valence-electron chi connectivity index (χ1n) is 9.68. The Labute approximate surface area is 166 Å². The number of hydrogen-bond donors (Lipinski definition) is 6. The van der Waals surface area contributed by atoms with E-state index in [2.05, 4.69) is 0 Å². The van der Waals surface area contributed by atoms with Gasteiger partial charge in [0.1, 0.15) is 48.8 Å². The van der Waals surface area contributed by atoms with Gasteiger partial charge < -0.3 is 54.3 Å². The average molecular weight is 428 g/mol. The molecular formula is C17H29FO11. The first kappa shape index (κ1) is 23.2. The van der Waals surface area contributed by atoms with E-state index < -0.39 is 81.0 Å². The second-order valence-corrected chi connectivity index (χ2v) is 7.39. The van der Waals surface area contributed by atoms with Gasteiger partial charge in [-0.2, -0.15) is 0 Å². The quantitative estimate of drug-likeness (QED) is 0.257. The average Bonchev–Trinajstić information content (AvgIpc) is 2.73. The Morgan fingerprint density at radius 3 is 2.03 bits per heavy atom. The van der Waals surface area contributed by atoms with Crippen molar-refractivity contribution < 1.29 is 58.7 Å². The second-order valence-electron chi connectivity index (χ2n) is 7.39. The first-order chi connectivity index (χ1) is 13.9. The summed E-state index contributed by atoms with van der Waals surface area (Å²) in [5.74, 6) is 0. The summed E-state index contributed by atoms with van der Waals surface area (Å²) < 4.78 is 40.4. The molecule has 0 aliphatic carbocycles. The summed E-state index contributed by atoms with van der Waals surface area (Å²) in [6.07, 6.45) is -14.1. The van der Waals surface area contributed by atoms with E-state index in [-0.39, 0.29) is 0 Å². The van der Waals surface area contributed by atoms with Crippen LogP contribution in [-0.2, 0) is 23.7 Å². The van der Waals surface area contributed by atoms with Crippen molar-refractivity contribution in [1.82, 2.24) is 0 Å². The third kappa shape index (κ3) is 5.05. The van der Waals surface area contributed by atoms with Gasteiger partial charge in [0.2, 0.25) is 6.36 Å². The van der Waals surface area contributed by atoms with E-state index in [4.69, 9.17) is 23.7 Å². The summed E-state index contributed by atoms with van der Waals surface area (Å²) in [6.45, 7) is -0.829. The maximum atomic E-state index is 13.6. The molecule has 0 bridgehead atoms. The Balaban J connectivity index is 1.67. The monoisotopic (exact) mass is 428 g/mol. The topological polar surface area (TPSA) is 168 Å². The lowest BCUT2D eigenvalue weighted by Gasteiger charge is -2.46. The lowest BCUT2D eigenvalue weighted by Crippen LogP contribution is -2.64. The van der Waals surface area contributed by atoms with Crippen LogP contribution in [0.5, 0.6) is 0 Å². The minimum Gasteiger partial charge on any atom is -0.394 e. The third-order valence-corrected chi connectivity index (χ3v) is 5.36. The van der Waals surface area contributed by atoms with Crippen LogP contribution in [-0.4, -0.2) is 118 Å². The van der Waals surface area contributed by atoms with Crippen molar-refractivity contribution in [2.75, 3.05) is 19.8 Å². The molecule has 3 rings (SSSR count). The van der Waals surface area contributed by atoms with Gasteiger partial charge in [0, 0.05) is 6.61 Å². The van der Waals surface area contributed by atoms with Crippen LogP contribution >= 0.6 is 0 Å². The summed E-state index contributed by atoms with van der Waals surface area (Å²) in [4.78, 5) is 0. The molecule has 0 saturated carbocycles. The van der Waals surface area contributed by atoms with Crippen molar-refractivity contribution in [3.05, 3.63) is 0 Å². The molecule has 3 aliphatic heterocycles. The standard InChI is InChI=1S/C17H29FO11/c18-16-12(23)10(21)15(7(5-19)26-16)29-17-13(24)11(22)14(8(6-20)27-17)28-9-3-1-2-4-25-9/h7-17,19-24H,1-6H2/t7-,8-,9?,10-,11-,12-,13-,14-,15-,16+,17-/m1/s1. The Morgan fingerprint density at radius 1 is 0.793 bits per heavy atom. The Hall–Kier alpha value is -0.510. The highest BCUT2D eigenvalue weighted by Crippen LogP contribution is 2.31. The molecule has 6 N–H and O–H groups in total. The first-order valence-corrected chi connectivity index (χ1v) is 9.68. The summed E-state index contributed by atoms with van der Waals surface area (Å²) in [6, 6.07) is 0. The zero-order valence-electron chi connectivity index (χ0n) is 15.7. The molecule has 0 aromatic heterocycles. The summed E-state index contributed by atoms with van der Waals surface area (Å²) >= 11 is 0. The largest absolute Gasteiger partial charge is 0.394 e. The number of alkyl halides is 1. The van der Waals surface area contributed by atoms with Crippen LogP contribution in [0.4, 0.5) is 4.39 Å². The summed E-state index contributed by atoms with van der Waals surface area (Å²) in [5.41, 5.74) is 0.